The Hall–Kier alpha value is -0.0800. The van der Waals surface area contributed by atoms with Crippen LogP contribution in [0.4, 0.5) is 0 Å². The average Bonchev–Trinajstić information content (AvgIpc) is 2.73. The minimum absolute atomic E-state index is 0.0977. The van der Waals surface area contributed by atoms with Crippen LogP contribution in [-0.4, -0.2) is 17.8 Å². The van der Waals surface area contributed by atoms with Gasteiger partial charge in [0.15, 0.2) is 0 Å². The summed E-state index contributed by atoms with van der Waals surface area (Å²) in [6, 6.07) is 0. The second kappa shape index (κ2) is 3.25. The fourth-order valence-electron chi connectivity index (χ4n) is 2.23. The van der Waals surface area contributed by atoms with Crippen molar-refractivity contribution < 1.29 is 5.11 Å². The Bertz CT molecular complexity index is 189. The lowest BCUT2D eigenvalue weighted by atomic mass is 9.74. The Balaban J connectivity index is 2.71. The molecule has 1 saturated carbocycles. The van der Waals surface area contributed by atoms with Crippen LogP contribution in [0.3, 0.4) is 0 Å². The molecule has 1 aliphatic rings. The van der Waals surface area contributed by atoms with Gasteiger partial charge in [0.25, 0.3) is 0 Å². The molecule has 2 nitrogen and oxygen atoms in total. The van der Waals surface area contributed by atoms with Gasteiger partial charge in [-0.2, -0.15) is 0 Å². The molecule has 0 bridgehead atoms. The van der Waals surface area contributed by atoms with E-state index in [0.717, 1.165) is 12.8 Å². The van der Waals surface area contributed by atoms with Gasteiger partial charge in [-0.05, 0) is 24.2 Å². The van der Waals surface area contributed by atoms with Crippen LogP contribution in [0.15, 0.2) is 0 Å². The smallest absolute Gasteiger partial charge is 0.0661 e. The van der Waals surface area contributed by atoms with Crippen molar-refractivity contribution in [1.29, 1.82) is 0 Å². The molecule has 1 aliphatic carbocycles. The van der Waals surface area contributed by atoms with Crippen molar-refractivity contribution in [3.05, 3.63) is 0 Å². The van der Waals surface area contributed by atoms with E-state index in [-0.39, 0.29) is 16.9 Å². The molecule has 1 fully saturated rings. The van der Waals surface area contributed by atoms with Gasteiger partial charge in [0.05, 0.1) is 6.10 Å². The molecule has 3 N–H and O–H groups in total. The summed E-state index contributed by atoms with van der Waals surface area (Å²) < 4.78 is 0. The van der Waals surface area contributed by atoms with Crippen molar-refractivity contribution in [2.45, 2.75) is 46.6 Å². The van der Waals surface area contributed by atoms with Gasteiger partial charge in [0.2, 0.25) is 0 Å². The fourth-order valence-corrected chi connectivity index (χ4v) is 2.23. The summed E-state index contributed by atoms with van der Waals surface area (Å²) >= 11 is 0. The van der Waals surface area contributed by atoms with Crippen LogP contribution >= 0.6 is 0 Å². The van der Waals surface area contributed by atoms with Crippen molar-refractivity contribution >= 4 is 0 Å². The van der Waals surface area contributed by atoms with Gasteiger partial charge in [0, 0.05) is 12.0 Å². The van der Waals surface area contributed by atoms with Crippen LogP contribution in [0.2, 0.25) is 0 Å². The van der Waals surface area contributed by atoms with Crippen molar-refractivity contribution in [1.82, 2.24) is 0 Å². The van der Waals surface area contributed by atoms with Crippen molar-refractivity contribution in [2.75, 3.05) is 6.54 Å². The van der Waals surface area contributed by atoms with E-state index in [0.29, 0.717) is 12.5 Å². The summed E-state index contributed by atoms with van der Waals surface area (Å²) in [5.41, 5.74) is 5.76. The molecule has 0 saturated heterocycles. The molecule has 0 radical (unpaired) electrons. The second-order valence-electron chi connectivity index (χ2n) is 5.23. The van der Waals surface area contributed by atoms with Crippen LogP contribution in [0.1, 0.15) is 40.5 Å². The van der Waals surface area contributed by atoms with Gasteiger partial charge >= 0.3 is 0 Å². The van der Waals surface area contributed by atoms with E-state index >= 15 is 0 Å². The van der Waals surface area contributed by atoms with Gasteiger partial charge in [-0.25, -0.2) is 0 Å². The Kier molecular flexibility index (Phi) is 2.75. The van der Waals surface area contributed by atoms with E-state index in [9.17, 15) is 5.11 Å². The lowest BCUT2D eigenvalue weighted by molar-refractivity contribution is -0.0170. The topological polar surface area (TPSA) is 46.2 Å². The van der Waals surface area contributed by atoms with Crippen LogP contribution in [0.25, 0.3) is 0 Å². The molecule has 0 heterocycles. The summed E-state index contributed by atoms with van der Waals surface area (Å²) in [4.78, 5) is 0. The maximum absolute atomic E-state index is 10.3. The van der Waals surface area contributed by atoms with Gasteiger partial charge in [-0.1, -0.05) is 27.7 Å². The highest BCUT2D eigenvalue weighted by molar-refractivity contribution is 5.06. The predicted octanol–water partition coefficient (Wildman–Crippen LogP) is 1.77. The van der Waals surface area contributed by atoms with Gasteiger partial charge in [-0.3, -0.25) is 0 Å². The minimum atomic E-state index is -0.245. The molecular weight excluding hydrogens is 162 g/mol. The van der Waals surface area contributed by atoms with Crippen LogP contribution in [0, 0.1) is 16.7 Å². The molecule has 4 atom stereocenters. The van der Waals surface area contributed by atoms with E-state index < -0.39 is 0 Å². The first-order valence-corrected chi connectivity index (χ1v) is 5.29. The molecule has 2 heteroatoms. The third-order valence-corrected chi connectivity index (χ3v) is 4.27. The third kappa shape index (κ3) is 1.62. The van der Waals surface area contributed by atoms with Crippen LogP contribution in [-0.2, 0) is 0 Å². The van der Waals surface area contributed by atoms with Crippen molar-refractivity contribution in [3.8, 4) is 0 Å². The molecule has 4 unspecified atom stereocenters. The Morgan fingerprint density at radius 1 is 1.69 bits per heavy atom. The SMILES string of the molecule is CCC(C)(CN)C(O)C1(C)CC1C. The molecule has 0 spiro atoms. The van der Waals surface area contributed by atoms with Crippen molar-refractivity contribution in [2.24, 2.45) is 22.5 Å². The van der Waals surface area contributed by atoms with E-state index in [1.165, 1.54) is 0 Å². The molecule has 0 aromatic heterocycles. The Morgan fingerprint density at radius 3 is 2.38 bits per heavy atom. The highest BCUT2D eigenvalue weighted by atomic mass is 16.3. The second-order valence-corrected chi connectivity index (χ2v) is 5.23. The van der Waals surface area contributed by atoms with Crippen molar-refractivity contribution in [3.63, 3.8) is 0 Å². The van der Waals surface area contributed by atoms with Gasteiger partial charge in [0.1, 0.15) is 0 Å². The monoisotopic (exact) mass is 185 g/mol. The maximum Gasteiger partial charge on any atom is 0.0661 e. The zero-order valence-electron chi connectivity index (χ0n) is 9.30. The Labute approximate surface area is 81.5 Å². The number of hydrogen-bond donors (Lipinski definition) is 2. The standard InChI is InChI=1S/C11H23NO/c1-5-10(3,7-12)9(13)11(4)6-8(11)2/h8-9,13H,5-7,12H2,1-4H3. The number of aliphatic hydroxyl groups is 1. The molecule has 0 aromatic rings. The molecule has 0 amide bonds. The minimum Gasteiger partial charge on any atom is -0.392 e. The molecule has 13 heavy (non-hydrogen) atoms. The normalized spacial score (nSPS) is 39.7. The lowest BCUT2D eigenvalue weighted by Crippen LogP contribution is -2.43. The van der Waals surface area contributed by atoms with E-state index in [1.54, 1.807) is 0 Å². The zero-order valence-corrected chi connectivity index (χ0v) is 9.30. The Morgan fingerprint density at radius 2 is 2.15 bits per heavy atom. The molecule has 1 rings (SSSR count). The quantitative estimate of drug-likeness (QED) is 0.701. The first kappa shape index (κ1) is 11.0. The number of rotatable bonds is 4. The highest BCUT2D eigenvalue weighted by Gasteiger charge is 2.56. The van der Waals surface area contributed by atoms with E-state index in [2.05, 4.69) is 27.7 Å². The number of aliphatic hydroxyl groups excluding tert-OH is 1. The summed E-state index contributed by atoms with van der Waals surface area (Å²) in [7, 11) is 0. The maximum atomic E-state index is 10.3. The molecular formula is C11H23NO. The van der Waals surface area contributed by atoms with Gasteiger partial charge in [-0.15, -0.1) is 0 Å². The van der Waals surface area contributed by atoms with Crippen LogP contribution < -0.4 is 5.73 Å². The number of nitrogens with two attached hydrogens (primary N) is 1. The summed E-state index contributed by atoms with van der Waals surface area (Å²) in [6.45, 7) is 9.15. The summed E-state index contributed by atoms with van der Waals surface area (Å²) in [5, 5.41) is 10.3. The summed E-state index contributed by atoms with van der Waals surface area (Å²) in [6.07, 6.45) is 1.85. The van der Waals surface area contributed by atoms with E-state index in [1.807, 2.05) is 0 Å². The zero-order chi connectivity index (χ0) is 10.3. The molecule has 0 aliphatic heterocycles. The van der Waals surface area contributed by atoms with Gasteiger partial charge < -0.3 is 10.8 Å². The first-order chi connectivity index (χ1) is 5.90. The highest BCUT2D eigenvalue weighted by Crippen LogP contribution is 2.58. The molecule has 0 aromatic carbocycles. The van der Waals surface area contributed by atoms with Crippen LogP contribution in [0.5, 0.6) is 0 Å². The largest absolute Gasteiger partial charge is 0.392 e. The third-order valence-electron chi connectivity index (χ3n) is 4.27. The molecule has 78 valence electrons. The number of hydrogen-bond acceptors (Lipinski definition) is 2. The first-order valence-electron chi connectivity index (χ1n) is 5.29. The lowest BCUT2D eigenvalue weighted by Gasteiger charge is -2.36. The predicted molar refractivity (Wildman–Crippen MR) is 55.3 cm³/mol. The average molecular weight is 185 g/mol. The van der Waals surface area contributed by atoms with E-state index in [4.69, 9.17) is 5.73 Å². The summed E-state index contributed by atoms with van der Waals surface area (Å²) in [5.74, 6) is 0.653. The fraction of sp³-hybridized carbons (Fsp3) is 1.00.